The zero-order valence-corrected chi connectivity index (χ0v) is 16.4. The first-order chi connectivity index (χ1) is 12.8. The van der Waals surface area contributed by atoms with Crippen LogP contribution >= 0.6 is 11.6 Å². The van der Waals surface area contributed by atoms with E-state index in [1.54, 1.807) is 29.2 Å². The minimum absolute atomic E-state index is 0.187. The number of urea groups is 1. The molecular weight excluding hydrogens is 386 g/mol. The fraction of sp³-hybridized carbons (Fsp3) is 0.316. The van der Waals surface area contributed by atoms with Crippen LogP contribution in [-0.4, -0.2) is 41.4 Å². The number of fused-ring (bicyclic) bond motifs is 1. The minimum Gasteiger partial charge on any atom is -0.593 e. The van der Waals surface area contributed by atoms with Gasteiger partial charge in [-0.15, -0.1) is 0 Å². The van der Waals surface area contributed by atoms with Gasteiger partial charge in [-0.1, -0.05) is 34.0 Å². The van der Waals surface area contributed by atoms with Crippen molar-refractivity contribution in [1.29, 1.82) is 0 Å². The molecular formula is C19H20ClN3O3S. The highest BCUT2D eigenvalue weighted by Gasteiger charge is 2.51. The van der Waals surface area contributed by atoms with Crippen LogP contribution in [-0.2, 0) is 21.0 Å². The molecule has 2 aliphatic heterocycles. The van der Waals surface area contributed by atoms with E-state index in [2.05, 4.69) is 5.32 Å². The Kier molecular flexibility index (Phi) is 4.41. The summed E-state index contributed by atoms with van der Waals surface area (Å²) in [4.78, 5) is 14.2. The van der Waals surface area contributed by atoms with Crippen LogP contribution in [0.2, 0.25) is 5.02 Å². The van der Waals surface area contributed by atoms with Crippen LogP contribution in [0.4, 0.5) is 16.2 Å². The third-order valence-electron chi connectivity index (χ3n) is 5.14. The molecule has 0 aromatic heterocycles. The summed E-state index contributed by atoms with van der Waals surface area (Å²) in [6, 6.07) is 14.3. The highest BCUT2D eigenvalue weighted by atomic mass is 35.5. The van der Waals surface area contributed by atoms with E-state index in [0.29, 0.717) is 30.3 Å². The van der Waals surface area contributed by atoms with E-state index in [1.807, 2.05) is 24.3 Å². The summed E-state index contributed by atoms with van der Waals surface area (Å²) in [6.45, 7) is 1.44. The summed E-state index contributed by atoms with van der Waals surface area (Å²) < 4.78 is 26.0. The summed E-state index contributed by atoms with van der Waals surface area (Å²) in [5.74, 6) is 0. The van der Waals surface area contributed by atoms with Crippen molar-refractivity contribution in [3.63, 3.8) is 0 Å². The molecule has 1 fully saturated rings. The normalized spacial score (nSPS) is 19.8. The Balaban J connectivity index is 1.48. The van der Waals surface area contributed by atoms with E-state index in [9.17, 15) is 13.6 Å². The number of carbonyl (C=O) groups excluding carboxylic acids is 1. The number of halogens is 1. The monoisotopic (exact) mass is 405 g/mol. The van der Waals surface area contributed by atoms with E-state index >= 15 is 0 Å². The Bertz CT molecular complexity index is 922. The molecule has 1 N–H and O–H groups in total. The van der Waals surface area contributed by atoms with Gasteiger partial charge in [-0.3, -0.25) is 0 Å². The number of hydrogen-bond donors (Lipinski definition) is 1. The highest BCUT2D eigenvalue weighted by molar-refractivity contribution is 7.98. The van der Waals surface area contributed by atoms with Gasteiger partial charge in [0.25, 0.3) is 0 Å². The fourth-order valence-electron chi connectivity index (χ4n) is 3.90. The zero-order chi connectivity index (χ0) is 19.2. The van der Waals surface area contributed by atoms with E-state index in [0.717, 1.165) is 17.7 Å². The van der Waals surface area contributed by atoms with Crippen LogP contribution in [0, 0.1) is 5.41 Å². The minimum atomic E-state index is -3.38. The predicted molar refractivity (Wildman–Crippen MR) is 107 cm³/mol. The molecule has 1 atom stereocenters. The van der Waals surface area contributed by atoms with Crippen LogP contribution in [0.1, 0.15) is 5.56 Å². The van der Waals surface area contributed by atoms with Crippen molar-refractivity contribution in [2.45, 2.75) is 6.42 Å². The van der Waals surface area contributed by atoms with Crippen molar-refractivity contribution >= 4 is 39.4 Å². The Hall–Kier alpha value is -2.09. The molecule has 6 nitrogen and oxygen atoms in total. The van der Waals surface area contributed by atoms with Crippen molar-refractivity contribution < 1.29 is 13.6 Å². The molecule has 1 saturated heterocycles. The van der Waals surface area contributed by atoms with Gasteiger partial charge in [0.05, 0.1) is 12.2 Å². The number of carbonyl (C=O) groups is 1. The number of benzene rings is 2. The standard InChI is InChI=1S/C19H20ClN3O3S/c1-27(25,26)23-13-19(10-14-4-2-3-5-17(14)23)11-22(12-19)18(24)21-16-8-6-15(20)7-9-16/h2-9H,10-13H2,1H3,(H-,21,24,25,26). The maximum atomic E-state index is 12.5. The fourth-order valence-corrected chi connectivity index (χ4v) is 5.07. The molecule has 1 spiro atoms. The molecule has 0 saturated carbocycles. The molecule has 4 rings (SSSR count). The van der Waals surface area contributed by atoms with Crippen LogP contribution in [0.15, 0.2) is 48.5 Å². The van der Waals surface area contributed by atoms with Gasteiger partial charge in [0.1, 0.15) is 16.7 Å². The van der Waals surface area contributed by atoms with Crippen LogP contribution in [0.25, 0.3) is 0 Å². The lowest BCUT2D eigenvalue weighted by Gasteiger charge is -2.54. The Morgan fingerprint density at radius 2 is 1.81 bits per heavy atom. The van der Waals surface area contributed by atoms with Crippen LogP contribution in [0.3, 0.4) is 0 Å². The number of nitrogens with zero attached hydrogens (tertiary/aromatic N) is 2. The second kappa shape index (κ2) is 6.51. The molecule has 1 unspecified atom stereocenters. The van der Waals surface area contributed by atoms with Crippen molar-refractivity contribution in [2.75, 3.05) is 35.5 Å². The Morgan fingerprint density at radius 3 is 2.48 bits per heavy atom. The molecule has 0 bridgehead atoms. The number of para-hydroxylation sites is 1. The van der Waals surface area contributed by atoms with Gasteiger partial charge >= 0.3 is 6.03 Å². The van der Waals surface area contributed by atoms with E-state index in [-0.39, 0.29) is 11.4 Å². The first kappa shape index (κ1) is 18.3. The topological polar surface area (TPSA) is 75.7 Å². The van der Waals surface area contributed by atoms with E-state index in [1.165, 1.54) is 10.6 Å². The molecule has 0 radical (unpaired) electrons. The zero-order valence-electron chi connectivity index (χ0n) is 14.9. The second-order valence-electron chi connectivity index (χ2n) is 7.37. The number of hydrogen-bond acceptors (Lipinski definition) is 3. The number of anilines is 2. The quantitative estimate of drug-likeness (QED) is 0.778. The number of sulfonamides is 1. The van der Waals surface area contributed by atoms with Gasteiger partial charge in [0.15, 0.2) is 0 Å². The highest BCUT2D eigenvalue weighted by Crippen LogP contribution is 2.44. The smallest absolute Gasteiger partial charge is 0.321 e. The lowest BCUT2D eigenvalue weighted by molar-refractivity contribution is 0.0421. The lowest BCUT2D eigenvalue weighted by Crippen LogP contribution is -2.66. The maximum absolute atomic E-state index is 12.5. The molecule has 27 heavy (non-hydrogen) atoms. The number of amides is 2. The summed E-state index contributed by atoms with van der Waals surface area (Å²) in [7, 11) is -3.38. The molecule has 0 aliphatic carbocycles. The molecule has 142 valence electrons. The molecule has 8 heteroatoms. The summed E-state index contributed by atoms with van der Waals surface area (Å²) in [6.07, 6.45) is 1.99. The van der Waals surface area contributed by atoms with Crippen molar-refractivity contribution in [2.24, 2.45) is 5.41 Å². The molecule has 2 aromatic carbocycles. The van der Waals surface area contributed by atoms with Crippen molar-refractivity contribution in [3.05, 3.63) is 59.1 Å². The summed E-state index contributed by atoms with van der Waals surface area (Å²) in [5, 5.41) is 3.46. The molecule has 2 heterocycles. The maximum Gasteiger partial charge on any atom is 0.321 e. The SMILES string of the molecule is C[S+](=O)([O-])N1CC2(Cc3ccccc31)CN(C(=O)Nc1ccc(Cl)cc1)C2. The molecule has 2 amide bonds. The summed E-state index contributed by atoms with van der Waals surface area (Å²) >= 11 is 5.86. The van der Waals surface area contributed by atoms with Crippen LogP contribution in [0.5, 0.6) is 0 Å². The Morgan fingerprint density at radius 1 is 1.15 bits per heavy atom. The van der Waals surface area contributed by atoms with Gasteiger partial charge in [-0.25, -0.2) is 4.79 Å². The van der Waals surface area contributed by atoms with E-state index in [4.69, 9.17) is 11.6 Å². The van der Waals surface area contributed by atoms with Crippen LogP contribution < -0.4 is 9.62 Å². The lowest BCUT2D eigenvalue weighted by atomic mass is 9.72. The average Bonchev–Trinajstić information content (AvgIpc) is 2.59. The van der Waals surface area contributed by atoms with Crippen molar-refractivity contribution in [3.8, 4) is 0 Å². The van der Waals surface area contributed by atoms with Gasteiger partial charge < -0.3 is 14.8 Å². The molecule has 2 aliphatic rings. The largest absolute Gasteiger partial charge is 0.593 e. The number of nitrogens with one attached hydrogen (secondary N) is 1. The number of rotatable bonds is 2. The second-order valence-corrected chi connectivity index (χ2v) is 9.71. The summed E-state index contributed by atoms with van der Waals surface area (Å²) in [5.41, 5.74) is 2.19. The third kappa shape index (κ3) is 3.54. The number of likely N-dealkylation sites (tertiary alicyclic amines) is 1. The van der Waals surface area contributed by atoms with E-state index < -0.39 is 10.4 Å². The van der Waals surface area contributed by atoms with Gasteiger partial charge in [-0.05, 0) is 42.3 Å². The Labute approximate surface area is 164 Å². The first-order valence-electron chi connectivity index (χ1n) is 8.63. The third-order valence-corrected chi connectivity index (χ3v) is 6.52. The predicted octanol–water partition coefficient (Wildman–Crippen LogP) is 3.41. The molecule has 2 aromatic rings. The first-order valence-corrected chi connectivity index (χ1v) is 10.9. The average molecular weight is 406 g/mol. The van der Waals surface area contributed by atoms with Crippen molar-refractivity contribution in [1.82, 2.24) is 4.90 Å². The van der Waals surface area contributed by atoms with Gasteiger partial charge in [-0.2, -0.15) is 4.31 Å². The van der Waals surface area contributed by atoms with Gasteiger partial charge in [0.2, 0.25) is 0 Å². The van der Waals surface area contributed by atoms with Gasteiger partial charge in [0, 0.05) is 29.2 Å².